The number of aliphatic hydroxyl groups is 1. The zero-order valence-corrected chi connectivity index (χ0v) is 12.5. The van der Waals surface area contributed by atoms with E-state index in [-0.39, 0.29) is 17.3 Å². The largest absolute Gasteiger partial charge is 0.417 e. The summed E-state index contributed by atoms with van der Waals surface area (Å²) in [6.45, 7) is 0.142. The fraction of sp³-hybridized carbons (Fsp3) is 0.500. The normalized spacial score (nSPS) is 12.2. The Balaban J connectivity index is 2.19. The third-order valence-electron chi connectivity index (χ3n) is 2.79. The summed E-state index contributed by atoms with van der Waals surface area (Å²) in [7, 11) is 0. The van der Waals surface area contributed by atoms with Gasteiger partial charge in [0.15, 0.2) is 10.8 Å². The molecule has 0 saturated carbocycles. The van der Waals surface area contributed by atoms with Gasteiger partial charge in [-0.05, 0) is 18.9 Å². The molecule has 9 heteroatoms. The molecule has 0 spiro atoms. The molecule has 0 aliphatic rings. The molecule has 0 aliphatic carbocycles. The van der Waals surface area contributed by atoms with Gasteiger partial charge in [0, 0.05) is 18.6 Å². The first kappa shape index (κ1) is 16.4. The standard InChI is InChI=1S/C12H13ClF3N3OS/c13-9-6-8(12(14,15)16)7-19-10(9)17-18-11(19)21-5-3-1-2-4-20/h6-7,20H,1-5H2. The highest BCUT2D eigenvalue weighted by Gasteiger charge is 2.32. The van der Waals surface area contributed by atoms with Gasteiger partial charge in [-0.2, -0.15) is 13.2 Å². The number of rotatable bonds is 6. The van der Waals surface area contributed by atoms with Crippen molar-refractivity contribution in [1.29, 1.82) is 0 Å². The van der Waals surface area contributed by atoms with E-state index in [0.29, 0.717) is 17.3 Å². The smallest absolute Gasteiger partial charge is 0.396 e. The van der Waals surface area contributed by atoms with Crippen molar-refractivity contribution in [3.63, 3.8) is 0 Å². The average molecular weight is 340 g/mol. The first-order valence-corrected chi connectivity index (χ1v) is 7.65. The molecule has 2 aromatic rings. The van der Waals surface area contributed by atoms with Gasteiger partial charge in [-0.3, -0.25) is 4.40 Å². The number of hydrogen-bond acceptors (Lipinski definition) is 4. The van der Waals surface area contributed by atoms with Crippen LogP contribution < -0.4 is 0 Å². The van der Waals surface area contributed by atoms with E-state index in [9.17, 15) is 13.2 Å². The zero-order valence-electron chi connectivity index (χ0n) is 10.9. The van der Waals surface area contributed by atoms with Gasteiger partial charge in [0.05, 0.1) is 10.6 Å². The van der Waals surface area contributed by atoms with Crippen LogP contribution in [0.3, 0.4) is 0 Å². The van der Waals surface area contributed by atoms with Gasteiger partial charge >= 0.3 is 6.18 Å². The van der Waals surface area contributed by atoms with Crippen LogP contribution in [0.1, 0.15) is 24.8 Å². The number of aliphatic hydroxyl groups excluding tert-OH is 1. The molecule has 2 heterocycles. The second-order valence-corrected chi connectivity index (χ2v) is 5.85. The maximum Gasteiger partial charge on any atom is 0.417 e. The third-order valence-corrected chi connectivity index (χ3v) is 4.10. The predicted molar refractivity (Wildman–Crippen MR) is 74.7 cm³/mol. The number of thioether (sulfide) groups is 1. The molecule has 0 amide bonds. The minimum Gasteiger partial charge on any atom is -0.396 e. The van der Waals surface area contributed by atoms with Crippen molar-refractivity contribution in [3.8, 4) is 0 Å². The topological polar surface area (TPSA) is 50.4 Å². The average Bonchev–Trinajstić information content (AvgIpc) is 2.81. The van der Waals surface area contributed by atoms with Crippen molar-refractivity contribution in [2.45, 2.75) is 30.6 Å². The van der Waals surface area contributed by atoms with Gasteiger partial charge in [-0.15, -0.1) is 10.2 Å². The highest BCUT2D eigenvalue weighted by atomic mass is 35.5. The summed E-state index contributed by atoms with van der Waals surface area (Å²) in [5, 5.41) is 16.7. The zero-order chi connectivity index (χ0) is 15.5. The molecule has 21 heavy (non-hydrogen) atoms. The van der Waals surface area contributed by atoms with Gasteiger partial charge in [0.25, 0.3) is 0 Å². The molecule has 4 nitrogen and oxygen atoms in total. The van der Waals surface area contributed by atoms with Gasteiger partial charge in [-0.1, -0.05) is 29.8 Å². The fourth-order valence-electron chi connectivity index (χ4n) is 1.74. The number of unbranched alkanes of at least 4 members (excludes halogenated alkanes) is 2. The molecule has 0 fully saturated rings. The van der Waals surface area contributed by atoms with Crippen LogP contribution >= 0.6 is 23.4 Å². The number of alkyl halides is 3. The fourth-order valence-corrected chi connectivity index (χ4v) is 2.90. The molecule has 2 rings (SSSR count). The van der Waals surface area contributed by atoms with Crippen LogP contribution in [-0.4, -0.2) is 32.1 Å². The SMILES string of the molecule is OCCCCCSc1nnc2c(Cl)cc(C(F)(F)F)cn12. The van der Waals surface area contributed by atoms with Crippen molar-refractivity contribution in [2.75, 3.05) is 12.4 Å². The van der Waals surface area contributed by atoms with E-state index < -0.39 is 11.7 Å². The Kier molecular flexibility index (Phi) is 5.34. The van der Waals surface area contributed by atoms with Crippen LogP contribution in [0.5, 0.6) is 0 Å². The second kappa shape index (κ2) is 6.85. The van der Waals surface area contributed by atoms with Gasteiger partial charge in [-0.25, -0.2) is 0 Å². The van der Waals surface area contributed by atoms with E-state index in [1.165, 1.54) is 16.2 Å². The number of halogens is 4. The molecule has 0 aliphatic heterocycles. The monoisotopic (exact) mass is 339 g/mol. The lowest BCUT2D eigenvalue weighted by Gasteiger charge is -2.08. The molecule has 0 bridgehead atoms. The molecule has 1 N–H and O–H groups in total. The van der Waals surface area contributed by atoms with Crippen LogP contribution in [0.15, 0.2) is 17.4 Å². The van der Waals surface area contributed by atoms with Crippen LogP contribution in [0.25, 0.3) is 5.65 Å². The molecule has 0 aromatic carbocycles. The minimum absolute atomic E-state index is 0.0792. The van der Waals surface area contributed by atoms with E-state index in [1.54, 1.807) is 0 Å². The Morgan fingerprint density at radius 1 is 1.24 bits per heavy atom. The molecular formula is C12H13ClF3N3OS. The first-order chi connectivity index (χ1) is 9.93. The molecule has 0 radical (unpaired) electrons. The summed E-state index contributed by atoms with van der Waals surface area (Å²) in [5.74, 6) is 0.689. The highest BCUT2D eigenvalue weighted by Crippen LogP contribution is 2.33. The molecule has 0 saturated heterocycles. The Morgan fingerprint density at radius 3 is 2.67 bits per heavy atom. The number of aromatic nitrogens is 3. The number of fused-ring (bicyclic) bond motifs is 1. The van der Waals surface area contributed by atoms with E-state index in [0.717, 1.165) is 25.1 Å². The van der Waals surface area contributed by atoms with Crippen LogP contribution in [0, 0.1) is 0 Å². The number of nitrogens with zero attached hydrogens (tertiary/aromatic N) is 3. The summed E-state index contributed by atoms with van der Waals surface area (Å²) in [5.41, 5.74) is -0.621. The third kappa shape index (κ3) is 4.02. The summed E-state index contributed by atoms with van der Waals surface area (Å²) in [6, 6.07) is 0.848. The van der Waals surface area contributed by atoms with Crippen molar-refractivity contribution in [3.05, 3.63) is 22.8 Å². The lowest BCUT2D eigenvalue weighted by Crippen LogP contribution is -2.07. The maximum absolute atomic E-state index is 12.8. The highest BCUT2D eigenvalue weighted by molar-refractivity contribution is 7.99. The van der Waals surface area contributed by atoms with Crippen LogP contribution in [0.4, 0.5) is 13.2 Å². The lowest BCUT2D eigenvalue weighted by molar-refractivity contribution is -0.137. The molecule has 0 atom stereocenters. The van der Waals surface area contributed by atoms with Crippen molar-refractivity contribution in [2.24, 2.45) is 0 Å². The quantitative estimate of drug-likeness (QED) is 0.644. The van der Waals surface area contributed by atoms with Crippen LogP contribution in [-0.2, 0) is 6.18 Å². The lowest BCUT2D eigenvalue weighted by atomic mass is 10.3. The predicted octanol–water partition coefficient (Wildman–Crippen LogP) is 3.66. The summed E-state index contributed by atoms with van der Waals surface area (Å²) in [4.78, 5) is 0. The minimum atomic E-state index is -4.47. The van der Waals surface area contributed by atoms with Crippen molar-refractivity contribution >= 4 is 29.0 Å². The summed E-state index contributed by atoms with van der Waals surface area (Å²) >= 11 is 7.14. The molecule has 116 valence electrons. The van der Waals surface area contributed by atoms with Crippen molar-refractivity contribution in [1.82, 2.24) is 14.6 Å². The molecule has 2 aromatic heterocycles. The molecule has 0 unspecified atom stereocenters. The van der Waals surface area contributed by atoms with E-state index in [1.807, 2.05) is 0 Å². The first-order valence-electron chi connectivity index (χ1n) is 6.28. The van der Waals surface area contributed by atoms with E-state index in [2.05, 4.69) is 10.2 Å². The number of hydrogen-bond donors (Lipinski definition) is 1. The van der Waals surface area contributed by atoms with Crippen LogP contribution in [0.2, 0.25) is 5.02 Å². The Labute approximate surface area is 128 Å². The van der Waals surface area contributed by atoms with Gasteiger partial charge < -0.3 is 5.11 Å². The van der Waals surface area contributed by atoms with E-state index in [4.69, 9.17) is 16.7 Å². The maximum atomic E-state index is 12.8. The van der Waals surface area contributed by atoms with Gasteiger partial charge in [0.1, 0.15) is 0 Å². The Morgan fingerprint density at radius 2 is 2.00 bits per heavy atom. The second-order valence-electron chi connectivity index (χ2n) is 4.38. The molecular weight excluding hydrogens is 327 g/mol. The van der Waals surface area contributed by atoms with Gasteiger partial charge in [0.2, 0.25) is 0 Å². The summed E-state index contributed by atoms with van der Waals surface area (Å²) in [6.07, 6.45) is -1.10. The van der Waals surface area contributed by atoms with E-state index >= 15 is 0 Å². The van der Waals surface area contributed by atoms with Crippen molar-refractivity contribution < 1.29 is 18.3 Å². The summed E-state index contributed by atoms with van der Waals surface area (Å²) < 4.78 is 39.6. The Hall–Kier alpha value is -0.990. The Bertz CT molecular complexity index is 618. The number of pyridine rings is 1.